The zero-order valence-corrected chi connectivity index (χ0v) is 38.5. The van der Waals surface area contributed by atoms with Crippen molar-refractivity contribution in [1.82, 2.24) is 4.90 Å². The lowest BCUT2D eigenvalue weighted by atomic mass is 9.93. The number of ether oxygens (including phenoxy) is 4. The van der Waals surface area contributed by atoms with E-state index < -0.39 is 5.79 Å². The Balaban J connectivity index is 2.29. The fraction of sp³-hybridized carbons (Fsp3) is 0.959. The van der Waals surface area contributed by atoms with Crippen LogP contribution in [0.5, 0.6) is 0 Å². The minimum atomic E-state index is -0.412. The Bertz CT molecular complexity index is 897. The highest BCUT2D eigenvalue weighted by Crippen LogP contribution is 2.36. The van der Waals surface area contributed by atoms with Crippen molar-refractivity contribution in [2.45, 2.75) is 259 Å². The molecule has 7 nitrogen and oxygen atoms in total. The average molecular weight is 794 g/mol. The van der Waals surface area contributed by atoms with Crippen LogP contribution in [0.3, 0.4) is 0 Å². The highest BCUT2D eigenvalue weighted by Gasteiger charge is 2.40. The normalized spacial score (nSPS) is 17.2. The summed E-state index contributed by atoms with van der Waals surface area (Å²) in [4.78, 5) is 27.2. The third kappa shape index (κ3) is 28.3. The predicted molar refractivity (Wildman–Crippen MR) is 236 cm³/mol. The van der Waals surface area contributed by atoms with Crippen molar-refractivity contribution in [3.63, 3.8) is 0 Å². The summed E-state index contributed by atoms with van der Waals surface area (Å²) in [5, 5.41) is 0. The monoisotopic (exact) mass is 794 g/mol. The summed E-state index contributed by atoms with van der Waals surface area (Å²) in [7, 11) is 2.20. The Morgan fingerprint density at radius 2 is 0.964 bits per heavy atom. The maximum absolute atomic E-state index is 12.4. The van der Waals surface area contributed by atoms with Gasteiger partial charge in [0.25, 0.3) is 0 Å². The molecule has 0 bridgehead atoms. The van der Waals surface area contributed by atoms with Gasteiger partial charge in [-0.1, -0.05) is 143 Å². The molecule has 0 aromatic heterocycles. The van der Waals surface area contributed by atoms with E-state index in [1.807, 2.05) is 0 Å². The number of esters is 2. The molecule has 0 N–H and O–H groups in total. The Kier molecular flexibility index (Phi) is 33.7. The molecule has 7 heteroatoms. The van der Waals surface area contributed by atoms with Gasteiger partial charge in [0, 0.05) is 38.3 Å². The molecule has 1 aliphatic rings. The quantitative estimate of drug-likeness (QED) is 0.0452. The lowest BCUT2D eigenvalue weighted by Crippen LogP contribution is -2.33. The first-order chi connectivity index (χ1) is 27.2. The van der Waals surface area contributed by atoms with E-state index in [9.17, 15) is 9.59 Å². The van der Waals surface area contributed by atoms with Gasteiger partial charge in [-0.3, -0.25) is 9.59 Å². The molecule has 1 rings (SSSR count). The van der Waals surface area contributed by atoms with Crippen LogP contribution in [-0.2, 0) is 28.5 Å². The van der Waals surface area contributed by atoms with Crippen LogP contribution in [0.2, 0.25) is 0 Å². The molecule has 0 aromatic rings. The fourth-order valence-electron chi connectivity index (χ4n) is 8.14. The number of rotatable bonds is 40. The largest absolute Gasteiger partial charge is 0.466 e. The van der Waals surface area contributed by atoms with E-state index in [1.54, 1.807) is 0 Å². The lowest BCUT2D eigenvalue weighted by Gasteiger charge is -2.29. The number of hydrogen-bond acceptors (Lipinski definition) is 7. The van der Waals surface area contributed by atoms with Crippen LogP contribution in [-0.4, -0.2) is 68.2 Å². The minimum Gasteiger partial charge on any atom is -0.466 e. The molecule has 0 aliphatic carbocycles. The van der Waals surface area contributed by atoms with Crippen LogP contribution in [0.25, 0.3) is 0 Å². The molecule has 1 fully saturated rings. The van der Waals surface area contributed by atoms with E-state index >= 15 is 0 Å². The third-order valence-electron chi connectivity index (χ3n) is 12.3. The van der Waals surface area contributed by atoms with E-state index in [0.29, 0.717) is 43.9 Å². The van der Waals surface area contributed by atoms with Gasteiger partial charge in [-0.05, 0) is 90.5 Å². The van der Waals surface area contributed by atoms with Gasteiger partial charge in [-0.2, -0.15) is 0 Å². The van der Waals surface area contributed by atoms with Crippen molar-refractivity contribution in [2.75, 3.05) is 33.4 Å². The molecule has 1 aliphatic heterocycles. The fourth-order valence-corrected chi connectivity index (χ4v) is 8.14. The van der Waals surface area contributed by atoms with Crippen LogP contribution in [0.4, 0.5) is 0 Å². The Morgan fingerprint density at radius 1 is 0.589 bits per heavy atom. The zero-order valence-electron chi connectivity index (χ0n) is 38.5. The highest BCUT2D eigenvalue weighted by atomic mass is 16.7. The van der Waals surface area contributed by atoms with Gasteiger partial charge >= 0.3 is 11.9 Å². The second-order valence-electron chi connectivity index (χ2n) is 17.9. The number of nitrogens with zero attached hydrogens (tertiary/aromatic N) is 1. The second-order valence-corrected chi connectivity index (χ2v) is 17.9. The van der Waals surface area contributed by atoms with Gasteiger partial charge in [-0.25, -0.2) is 0 Å². The number of carbonyl (C=O) groups is 2. The summed E-state index contributed by atoms with van der Waals surface area (Å²) in [5.74, 6) is 0.607. The summed E-state index contributed by atoms with van der Waals surface area (Å²) < 4.78 is 24.5. The van der Waals surface area contributed by atoms with Gasteiger partial charge in [-0.15, -0.1) is 0 Å². The standard InChI is InChI=1S/C49H95NO6/c1-8-12-30-44(31-13-9-2)40-47(51)53-38-28-24-20-17-16-18-22-26-35-49(55-42-46(56-49)34-37-50(7)43(5)6)36-27-23-19-21-25-29-39-54-48(52)41-45(32-14-10-3)33-15-11-4/h43-46H,8-42H2,1-7H3. The van der Waals surface area contributed by atoms with Crippen molar-refractivity contribution in [1.29, 1.82) is 0 Å². The number of unbranched alkanes of at least 4 members (excludes halogenated alkanes) is 16. The van der Waals surface area contributed by atoms with Crippen molar-refractivity contribution < 1.29 is 28.5 Å². The summed E-state index contributed by atoms with van der Waals surface area (Å²) in [6.45, 7) is 16.3. The van der Waals surface area contributed by atoms with E-state index in [4.69, 9.17) is 18.9 Å². The Morgan fingerprint density at radius 3 is 1.34 bits per heavy atom. The molecule has 332 valence electrons. The van der Waals surface area contributed by atoms with Crippen LogP contribution >= 0.6 is 0 Å². The van der Waals surface area contributed by atoms with Gasteiger partial charge in [0.05, 0.1) is 25.9 Å². The van der Waals surface area contributed by atoms with E-state index in [-0.39, 0.29) is 18.0 Å². The smallest absolute Gasteiger partial charge is 0.306 e. The molecule has 1 saturated heterocycles. The maximum Gasteiger partial charge on any atom is 0.306 e. The van der Waals surface area contributed by atoms with Crippen molar-refractivity contribution in [3.8, 4) is 0 Å². The second kappa shape index (κ2) is 35.7. The lowest BCUT2D eigenvalue weighted by molar-refractivity contribution is -0.180. The van der Waals surface area contributed by atoms with E-state index in [2.05, 4.69) is 53.5 Å². The molecule has 0 amide bonds. The minimum absolute atomic E-state index is 0.00775. The first-order valence-electron chi connectivity index (χ1n) is 24.5. The van der Waals surface area contributed by atoms with Crippen LogP contribution < -0.4 is 0 Å². The molecular weight excluding hydrogens is 699 g/mol. The zero-order chi connectivity index (χ0) is 41.1. The average Bonchev–Trinajstić information content (AvgIpc) is 3.59. The van der Waals surface area contributed by atoms with Crippen LogP contribution in [0.15, 0.2) is 0 Å². The van der Waals surface area contributed by atoms with Gasteiger partial charge < -0.3 is 23.8 Å². The maximum atomic E-state index is 12.4. The van der Waals surface area contributed by atoms with Crippen molar-refractivity contribution in [3.05, 3.63) is 0 Å². The summed E-state index contributed by atoms with van der Waals surface area (Å²) in [6.07, 6.45) is 35.0. The summed E-state index contributed by atoms with van der Waals surface area (Å²) in [5.41, 5.74) is 0. The van der Waals surface area contributed by atoms with Crippen molar-refractivity contribution in [2.24, 2.45) is 11.8 Å². The van der Waals surface area contributed by atoms with Gasteiger partial charge in [0.15, 0.2) is 5.79 Å². The molecule has 1 heterocycles. The molecule has 2 atom stereocenters. The summed E-state index contributed by atoms with van der Waals surface area (Å²) in [6, 6.07) is 0.540. The predicted octanol–water partition coefficient (Wildman–Crippen LogP) is 13.9. The topological polar surface area (TPSA) is 74.3 Å². The number of hydrogen-bond donors (Lipinski definition) is 0. The van der Waals surface area contributed by atoms with Crippen molar-refractivity contribution >= 4 is 11.9 Å². The summed E-state index contributed by atoms with van der Waals surface area (Å²) >= 11 is 0. The molecule has 0 saturated carbocycles. The third-order valence-corrected chi connectivity index (χ3v) is 12.3. The molecule has 0 aromatic carbocycles. The molecule has 2 unspecified atom stereocenters. The Hall–Kier alpha value is -1.18. The molecular formula is C49H95NO6. The first kappa shape index (κ1) is 52.8. The molecule has 0 radical (unpaired) electrons. The molecule has 56 heavy (non-hydrogen) atoms. The Labute approximate surface area is 348 Å². The highest BCUT2D eigenvalue weighted by molar-refractivity contribution is 5.70. The van der Waals surface area contributed by atoms with E-state index in [1.165, 1.54) is 103 Å². The molecule has 0 spiro atoms. The van der Waals surface area contributed by atoms with Crippen LogP contribution in [0.1, 0.15) is 241 Å². The van der Waals surface area contributed by atoms with E-state index in [0.717, 1.165) is 96.6 Å². The first-order valence-corrected chi connectivity index (χ1v) is 24.5. The number of carbonyl (C=O) groups excluding carboxylic acids is 2. The SMILES string of the molecule is CCCCC(CCCC)CC(=O)OCCCCCCCCCCC1(CCCCCCCCOC(=O)CC(CCCC)CCCC)OCC(CCN(C)C(C)C)O1. The van der Waals surface area contributed by atoms with Crippen LogP contribution in [0, 0.1) is 11.8 Å². The van der Waals surface area contributed by atoms with Gasteiger partial charge in [0.1, 0.15) is 0 Å². The van der Waals surface area contributed by atoms with Gasteiger partial charge in [0.2, 0.25) is 0 Å².